The fourth-order valence-corrected chi connectivity index (χ4v) is 3.17. The Labute approximate surface area is 161 Å². The summed E-state index contributed by atoms with van der Waals surface area (Å²) < 4.78 is 11.3. The Kier molecular flexibility index (Phi) is 4.57. The second-order valence-electron chi connectivity index (χ2n) is 6.00. The lowest BCUT2D eigenvalue weighted by molar-refractivity contribution is 0.102. The first-order chi connectivity index (χ1) is 13.2. The molecule has 5 heteroatoms. The predicted molar refractivity (Wildman–Crippen MR) is 108 cm³/mol. The van der Waals surface area contributed by atoms with Gasteiger partial charge in [0, 0.05) is 21.7 Å². The lowest BCUT2D eigenvalue weighted by atomic mass is 10.0. The van der Waals surface area contributed by atoms with Gasteiger partial charge in [0.25, 0.3) is 5.91 Å². The molecule has 1 heterocycles. The van der Waals surface area contributed by atoms with E-state index in [1.54, 1.807) is 49.6 Å². The van der Waals surface area contributed by atoms with E-state index in [4.69, 9.17) is 20.8 Å². The molecule has 0 aliphatic heterocycles. The number of nitrogens with one attached hydrogen (secondary N) is 1. The van der Waals surface area contributed by atoms with Gasteiger partial charge in [-0.2, -0.15) is 0 Å². The van der Waals surface area contributed by atoms with Crippen molar-refractivity contribution in [3.63, 3.8) is 0 Å². The minimum Gasteiger partial charge on any atom is -0.497 e. The second kappa shape index (κ2) is 7.17. The van der Waals surface area contributed by atoms with Crippen LogP contribution in [-0.4, -0.2) is 13.0 Å². The summed E-state index contributed by atoms with van der Waals surface area (Å²) in [6.07, 6.45) is 0. The number of carbonyl (C=O) groups excluding carboxylic acids is 1. The third kappa shape index (κ3) is 3.39. The van der Waals surface area contributed by atoms with E-state index in [0.29, 0.717) is 38.8 Å². The molecule has 4 nitrogen and oxygen atoms in total. The molecule has 0 spiro atoms. The van der Waals surface area contributed by atoms with Crippen molar-refractivity contribution in [3.05, 3.63) is 83.4 Å². The molecule has 1 aromatic heterocycles. The third-order valence-corrected chi connectivity index (χ3v) is 4.48. The van der Waals surface area contributed by atoms with Crippen molar-refractivity contribution in [3.8, 4) is 17.1 Å². The van der Waals surface area contributed by atoms with Crippen LogP contribution in [0.3, 0.4) is 0 Å². The molecular weight excluding hydrogens is 362 g/mol. The maximum absolute atomic E-state index is 13.1. The van der Waals surface area contributed by atoms with Gasteiger partial charge in [-0.05, 0) is 36.4 Å². The lowest BCUT2D eigenvalue weighted by Gasteiger charge is -2.07. The molecule has 4 rings (SSSR count). The van der Waals surface area contributed by atoms with E-state index in [1.807, 2.05) is 30.3 Å². The van der Waals surface area contributed by atoms with Crippen LogP contribution in [0.4, 0.5) is 5.69 Å². The van der Waals surface area contributed by atoms with Gasteiger partial charge in [0.2, 0.25) is 0 Å². The highest BCUT2D eigenvalue weighted by molar-refractivity contribution is 6.31. The molecule has 0 fully saturated rings. The van der Waals surface area contributed by atoms with Crippen LogP contribution in [0.15, 0.2) is 77.2 Å². The molecule has 0 saturated heterocycles. The van der Waals surface area contributed by atoms with Gasteiger partial charge in [0.1, 0.15) is 17.1 Å². The largest absolute Gasteiger partial charge is 0.497 e. The molecule has 3 aromatic carbocycles. The van der Waals surface area contributed by atoms with E-state index in [1.165, 1.54) is 0 Å². The number of amides is 1. The number of rotatable bonds is 4. The third-order valence-electron chi connectivity index (χ3n) is 4.24. The quantitative estimate of drug-likeness (QED) is 0.473. The summed E-state index contributed by atoms with van der Waals surface area (Å²) in [6.45, 7) is 0. The standard InChI is InChI=1S/C22H16ClNO3/c1-26-17-10-11-19-18(13-17)20(21(27-19)14-6-3-2-4-7-14)22(25)24-16-9-5-8-15(23)12-16/h2-13H,1H3,(H,24,25). The summed E-state index contributed by atoms with van der Waals surface area (Å²) in [5.74, 6) is 0.890. The summed E-state index contributed by atoms with van der Waals surface area (Å²) >= 11 is 6.03. The number of fused-ring (bicyclic) bond motifs is 1. The molecule has 1 amide bonds. The van der Waals surface area contributed by atoms with Gasteiger partial charge in [-0.1, -0.05) is 48.0 Å². The molecular formula is C22H16ClNO3. The number of anilines is 1. The Bertz CT molecular complexity index is 1120. The van der Waals surface area contributed by atoms with Crippen molar-refractivity contribution >= 4 is 34.2 Å². The van der Waals surface area contributed by atoms with Crippen molar-refractivity contribution < 1.29 is 13.9 Å². The zero-order valence-corrected chi connectivity index (χ0v) is 15.3. The summed E-state index contributed by atoms with van der Waals surface area (Å²) in [5.41, 5.74) is 2.51. The molecule has 27 heavy (non-hydrogen) atoms. The normalized spacial score (nSPS) is 10.7. The first-order valence-corrected chi connectivity index (χ1v) is 8.76. The van der Waals surface area contributed by atoms with Gasteiger partial charge < -0.3 is 14.5 Å². The summed E-state index contributed by atoms with van der Waals surface area (Å²) in [5, 5.41) is 4.14. The SMILES string of the molecule is COc1ccc2oc(-c3ccccc3)c(C(=O)Nc3cccc(Cl)c3)c2c1. The number of furan rings is 1. The van der Waals surface area contributed by atoms with Crippen molar-refractivity contribution in [2.75, 3.05) is 12.4 Å². The van der Waals surface area contributed by atoms with E-state index in [-0.39, 0.29) is 5.91 Å². The van der Waals surface area contributed by atoms with E-state index in [2.05, 4.69) is 5.32 Å². The second-order valence-corrected chi connectivity index (χ2v) is 6.44. The summed E-state index contributed by atoms with van der Waals surface area (Å²) in [6, 6.07) is 22.0. The van der Waals surface area contributed by atoms with Crippen LogP contribution < -0.4 is 10.1 Å². The number of carbonyl (C=O) groups is 1. The minimum atomic E-state index is -0.275. The number of hydrogen-bond donors (Lipinski definition) is 1. The average molecular weight is 378 g/mol. The van der Waals surface area contributed by atoms with Crippen LogP contribution in [0, 0.1) is 0 Å². The molecule has 0 radical (unpaired) electrons. The Morgan fingerprint density at radius 1 is 1.00 bits per heavy atom. The van der Waals surface area contributed by atoms with Crippen molar-refractivity contribution in [1.82, 2.24) is 0 Å². The average Bonchev–Trinajstić information content (AvgIpc) is 3.07. The van der Waals surface area contributed by atoms with E-state index in [9.17, 15) is 4.79 Å². The zero-order chi connectivity index (χ0) is 18.8. The van der Waals surface area contributed by atoms with Crippen molar-refractivity contribution in [1.29, 1.82) is 0 Å². The first kappa shape index (κ1) is 17.2. The monoisotopic (exact) mass is 377 g/mol. The highest BCUT2D eigenvalue weighted by atomic mass is 35.5. The van der Waals surface area contributed by atoms with Crippen LogP contribution in [0.25, 0.3) is 22.3 Å². The van der Waals surface area contributed by atoms with Crippen LogP contribution in [0.2, 0.25) is 5.02 Å². The van der Waals surface area contributed by atoms with E-state index >= 15 is 0 Å². The van der Waals surface area contributed by atoms with Crippen LogP contribution in [0.1, 0.15) is 10.4 Å². The fourth-order valence-electron chi connectivity index (χ4n) is 2.98. The highest BCUT2D eigenvalue weighted by Gasteiger charge is 2.22. The van der Waals surface area contributed by atoms with Crippen LogP contribution in [-0.2, 0) is 0 Å². The Hall–Kier alpha value is -3.24. The van der Waals surface area contributed by atoms with E-state index < -0.39 is 0 Å². The predicted octanol–water partition coefficient (Wildman–Crippen LogP) is 6.01. The molecule has 0 aliphatic rings. The molecule has 134 valence electrons. The zero-order valence-electron chi connectivity index (χ0n) is 14.5. The van der Waals surface area contributed by atoms with Gasteiger partial charge in [-0.25, -0.2) is 0 Å². The number of ether oxygens (including phenoxy) is 1. The van der Waals surface area contributed by atoms with Crippen LogP contribution in [0.5, 0.6) is 5.75 Å². The van der Waals surface area contributed by atoms with Gasteiger partial charge >= 0.3 is 0 Å². The molecule has 0 saturated carbocycles. The Balaban J connectivity index is 1.86. The molecule has 0 aliphatic carbocycles. The smallest absolute Gasteiger partial charge is 0.260 e. The van der Waals surface area contributed by atoms with Gasteiger partial charge in [-0.3, -0.25) is 4.79 Å². The van der Waals surface area contributed by atoms with Crippen LogP contribution >= 0.6 is 11.6 Å². The Morgan fingerprint density at radius 3 is 2.56 bits per heavy atom. The van der Waals surface area contributed by atoms with E-state index in [0.717, 1.165) is 5.56 Å². The minimum absolute atomic E-state index is 0.275. The van der Waals surface area contributed by atoms with Gasteiger partial charge in [0.15, 0.2) is 0 Å². The molecule has 0 unspecified atom stereocenters. The summed E-state index contributed by atoms with van der Waals surface area (Å²) in [4.78, 5) is 13.1. The number of halogens is 1. The maximum Gasteiger partial charge on any atom is 0.260 e. The molecule has 0 atom stereocenters. The molecule has 4 aromatic rings. The number of benzene rings is 3. The van der Waals surface area contributed by atoms with Gasteiger partial charge in [-0.15, -0.1) is 0 Å². The topological polar surface area (TPSA) is 51.5 Å². The van der Waals surface area contributed by atoms with Gasteiger partial charge in [0.05, 0.1) is 12.7 Å². The summed E-state index contributed by atoms with van der Waals surface area (Å²) in [7, 11) is 1.59. The molecule has 1 N–H and O–H groups in total. The lowest BCUT2D eigenvalue weighted by Crippen LogP contribution is -2.12. The number of hydrogen-bond acceptors (Lipinski definition) is 3. The number of methoxy groups -OCH3 is 1. The van der Waals surface area contributed by atoms with Crippen molar-refractivity contribution in [2.45, 2.75) is 0 Å². The maximum atomic E-state index is 13.1. The fraction of sp³-hybridized carbons (Fsp3) is 0.0455. The Morgan fingerprint density at radius 2 is 1.81 bits per heavy atom. The molecule has 0 bridgehead atoms. The first-order valence-electron chi connectivity index (χ1n) is 8.38. The van der Waals surface area contributed by atoms with Crippen molar-refractivity contribution in [2.24, 2.45) is 0 Å². The highest BCUT2D eigenvalue weighted by Crippen LogP contribution is 2.36.